The van der Waals surface area contributed by atoms with Crippen molar-refractivity contribution in [3.8, 4) is 79.7 Å². The first kappa shape index (κ1) is 32.9. The molecule has 0 spiro atoms. The molecule has 0 atom stereocenters. The van der Waals surface area contributed by atoms with Crippen LogP contribution in [0.5, 0.6) is 57.5 Å². The van der Waals surface area contributed by atoms with Gasteiger partial charge in [-0.1, -0.05) is 133 Å². The number of hydrogen-bond acceptors (Lipinski definition) is 5. The molecule has 8 rings (SSSR count). The van der Waals surface area contributed by atoms with Gasteiger partial charge in [-0.3, -0.25) is 0 Å². The van der Waals surface area contributed by atoms with E-state index in [1.807, 2.05) is 206 Å². The molecule has 8 aromatic rings. The first-order valence-corrected chi connectivity index (χ1v) is 17.3. The summed E-state index contributed by atoms with van der Waals surface area (Å²) in [5.74, 6) is 5.78. The molecule has 0 aliphatic carbocycles. The smallest absolute Gasteiger partial charge is 0.181 e. The van der Waals surface area contributed by atoms with Crippen LogP contribution in [0.2, 0.25) is 0 Å². The summed E-state index contributed by atoms with van der Waals surface area (Å²) in [4.78, 5) is 0. The minimum absolute atomic E-state index is 0.460. The highest BCUT2D eigenvalue weighted by Gasteiger charge is 2.25. The van der Waals surface area contributed by atoms with Crippen LogP contribution in [0, 0.1) is 0 Å². The maximum Gasteiger partial charge on any atom is 0.181 e. The number of ether oxygens (including phenoxy) is 5. The summed E-state index contributed by atoms with van der Waals surface area (Å²) < 4.78 is 33.5. The average Bonchev–Trinajstić information content (AvgIpc) is 3.22. The molecule has 0 bridgehead atoms. The van der Waals surface area contributed by atoms with Crippen molar-refractivity contribution in [1.82, 2.24) is 0 Å². The van der Waals surface area contributed by atoms with E-state index in [1.165, 1.54) is 0 Å². The quantitative estimate of drug-likeness (QED) is 0.128. The monoisotopic (exact) mass is 690 g/mol. The second-order valence-corrected chi connectivity index (χ2v) is 12.0. The Hall–Kier alpha value is -7.24. The highest BCUT2D eigenvalue weighted by Crippen LogP contribution is 2.53. The maximum absolute atomic E-state index is 6.96. The molecule has 0 heterocycles. The van der Waals surface area contributed by atoms with E-state index in [9.17, 15) is 0 Å². The number of benzene rings is 8. The number of rotatable bonds is 12. The van der Waals surface area contributed by atoms with Gasteiger partial charge in [-0.05, 0) is 83.9 Å². The van der Waals surface area contributed by atoms with Crippen molar-refractivity contribution in [2.45, 2.75) is 0 Å². The number of hydrogen-bond donors (Lipinski definition) is 0. The zero-order chi connectivity index (χ0) is 35.7. The summed E-state index contributed by atoms with van der Waals surface area (Å²) in [6.45, 7) is 0. The fourth-order valence-corrected chi connectivity index (χ4v) is 5.94. The largest absolute Gasteiger partial charge is 0.457 e. The van der Waals surface area contributed by atoms with Crippen molar-refractivity contribution >= 4 is 0 Å². The first-order chi connectivity index (χ1) is 26.3. The van der Waals surface area contributed by atoms with Gasteiger partial charge in [0, 0.05) is 0 Å². The molecule has 0 aliphatic heterocycles. The summed E-state index contributed by atoms with van der Waals surface area (Å²) in [6.07, 6.45) is 0. The van der Waals surface area contributed by atoms with Gasteiger partial charge in [-0.2, -0.15) is 0 Å². The van der Waals surface area contributed by atoms with E-state index in [-0.39, 0.29) is 0 Å². The summed E-state index contributed by atoms with van der Waals surface area (Å²) in [5.41, 5.74) is 3.25. The lowest BCUT2D eigenvalue weighted by molar-refractivity contribution is 0.390. The van der Waals surface area contributed by atoms with Gasteiger partial charge in [0.25, 0.3) is 0 Å². The van der Waals surface area contributed by atoms with E-state index in [0.29, 0.717) is 57.5 Å². The predicted molar refractivity (Wildman–Crippen MR) is 210 cm³/mol. The Morgan fingerprint density at radius 3 is 0.792 bits per heavy atom. The Morgan fingerprint density at radius 2 is 0.472 bits per heavy atom. The average molecular weight is 691 g/mol. The Labute approximate surface area is 308 Å². The van der Waals surface area contributed by atoms with Crippen LogP contribution in [-0.4, -0.2) is 0 Å². The van der Waals surface area contributed by atoms with Gasteiger partial charge < -0.3 is 23.7 Å². The van der Waals surface area contributed by atoms with E-state index in [1.54, 1.807) is 0 Å². The highest BCUT2D eigenvalue weighted by molar-refractivity contribution is 5.83. The van der Waals surface area contributed by atoms with Gasteiger partial charge in [-0.15, -0.1) is 0 Å². The second kappa shape index (κ2) is 15.8. The molecule has 53 heavy (non-hydrogen) atoms. The molecule has 0 fully saturated rings. The first-order valence-electron chi connectivity index (χ1n) is 17.3. The van der Waals surface area contributed by atoms with Crippen molar-refractivity contribution in [3.05, 3.63) is 206 Å². The summed E-state index contributed by atoms with van der Waals surface area (Å²) >= 11 is 0. The molecule has 0 saturated heterocycles. The second-order valence-electron chi connectivity index (χ2n) is 12.0. The van der Waals surface area contributed by atoms with Crippen LogP contribution in [0.4, 0.5) is 0 Å². The van der Waals surface area contributed by atoms with Gasteiger partial charge in [0.1, 0.15) is 34.5 Å². The molecular formula is C48H34O5. The normalized spacial score (nSPS) is 10.6. The lowest BCUT2D eigenvalue weighted by Crippen LogP contribution is -1.99. The van der Waals surface area contributed by atoms with Crippen LogP contribution in [0.25, 0.3) is 22.3 Å². The molecule has 5 heteroatoms. The minimum atomic E-state index is 0.460. The molecule has 0 aromatic heterocycles. The summed E-state index contributed by atoms with van der Waals surface area (Å²) in [7, 11) is 0. The lowest BCUT2D eigenvalue weighted by Gasteiger charge is -2.22. The van der Waals surface area contributed by atoms with E-state index in [0.717, 1.165) is 22.3 Å². The molecule has 0 radical (unpaired) electrons. The Bertz CT molecular complexity index is 2210. The van der Waals surface area contributed by atoms with Gasteiger partial charge >= 0.3 is 0 Å². The van der Waals surface area contributed by atoms with Crippen LogP contribution in [0.3, 0.4) is 0 Å². The van der Waals surface area contributed by atoms with Crippen LogP contribution in [-0.2, 0) is 0 Å². The highest BCUT2D eigenvalue weighted by atomic mass is 16.5. The topological polar surface area (TPSA) is 46.2 Å². The van der Waals surface area contributed by atoms with Crippen molar-refractivity contribution in [2.24, 2.45) is 0 Å². The molecule has 0 aliphatic rings. The summed E-state index contributed by atoms with van der Waals surface area (Å²) in [6, 6.07) is 66.3. The van der Waals surface area contributed by atoms with E-state index in [4.69, 9.17) is 23.7 Å². The van der Waals surface area contributed by atoms with E-state index in [2.05, 4.69) is 0 Å². The Kier molecular flexibility index (Phi) is 9.79. The van der Waals surface area contributed by atoms with Crippen molar-refractivity contribution < 1.29 is 23.7 Å². The van der Waals surface area contributed by atoms with Crippen molar-refractivity contribution in [1.29, 1.82) is 0 Å². The lowest BCUT2D eigenvalue weighted by atomic mass is 10.0. The third kappa shape index (κ3) is 7.75. The third-order valence-electron chi connectivity index (χ3n) is 8.38. The molecule has 0 saturated carbocycles. The third-order valence-corrected chi connectivity index (χ3v) is 8.38. The Balaban J connectivity index is 1.33. The standard InChI is InChI=1S/C48H34O5/c1-7-19-35(20-8-1)45-41(49-37-23-11-3-12-24-37)31-33-43(47(45)51-39-27-15-5-16-28-39)53-44-34-32-42(50-38-25-13-4-14-26-38)46(36-21-9-2-10-22-36)48(44)52-40-29-17-6-18-30-40/h1-34H. The minimum Gasteiger partial charge on any atom is -0.457 e. The van der Waals surface area contributed by atoms with Crippen LogP contribution in [0.15, 0.2) is 206 Å². The van der Waals surface area contributed by atoms with E-state index < -0.39 is 0 Å². The predicted octanol–water partition coefficient (Wildman–Crippen LogP) is 14.0. The van der Waals surface area contributed by atoms with E-state index >= 15 is 0 Å². The molecule has 0 amide bonds. The SMILES string of the molecule is c1ccc(Oc2ccc(Oc3ccc(Oc4ccccc4)c(-c4ccccc4)c3Oc3ccccc3)c(Oc3ccccc3)c2-c2ccccc2)cc1. The van der Waals surface area contributed by atoms with Gasteiger partial charge in [0.15, 0.2) is 23.0 Å². The van der Waals surface area contributed by atoms with Crippen molar-refractivity contribution in [3.63, 3.8) is 0 Å². The van der Waals surface area contributed by atoms with Gasteiger partial charge in [0.05, 0.1) is 11.1 Å². The molecule has 0 unspecified atom stereocenters. The molecule has 0 N–H and O–H groups in total. The molecule has 256 valence electrons. The Morgan fingerprint density at radius 1 is 0.208 bits per heavy atom. The summed E-state index contributed by atoms with van der Waals surface area (Å²) in [5, 5.41) is 0. The zero-order valence-electron chi connectivity index (χ0n) is 28.7. The number of para-hydroxylation sites is 4. The van der Waals surface area contributed by atoms with Gasteiger partial charge in [-0.25, -0.2) is 0 Å². The van der Waals surface area contributed by atoms with Crippen molar-refractivity contribution in [2.75, 3.05) is 0 Å². The zero-order valence-corrected chi connectivity index (χ0v) is 28.7. The molecular weight excluding hydrogens is 657 g/mol. The van der Waals surface area contributed by atoms with Crippen LogP contribution >= 0.6 is 0 Å². The maximum atomic E-state index is 6.96. The fraction of sp³-hybridized carbons (Fsp3) is 0. The van der Waals surface area contributed by atoms with Crippen LogP contribution < -0.4 is 23.7 Å². The van der Waals surface area contributed by atoms with Gasteiger partial charge in [0.2, 0.25) is 0 Å². The fourth-order valence-electron chi connectivity index (χ4n) is 5.94. The molecule has 8 aromatic carbocycles. The van der Waals surface area contributed by atoms with Crippen LogP contribution in [0.1, 0.15) is 0 Å². The molecule has 5 nitrogen and oxygen atoms in total.